The smallest absolute Gasteiger partial charge is 0.156 e. The average Bonchev–Trinajstić information content (AvgIpc) is 2.05. The number of aliphatic hydroxyl groups is 1. The standard InChI is InChI=1S/C6H15N3O2/c1-2-5(6(7)9-11)8-3-4-10/h5,8,10-11H,2-4H2,1H3,(H2,7,9). The number of amidine groups is 1. The first-order chi connectivity index (χ1) is 5.26. The summed E-state index contributed by atoms with van der Waals surface area (Å²) in [6, 6.07) is -0.146. The monoisotopic (exact) mass is 161 g/mol. The summed E-state index contributed by atoms with van der Waals surface area (Å²) in [5.41, 5.74) is 5.32. The van der Waals surface area contributed by atoms with E-state index in [4.69, 9.17) is 16.0 Å². The molecule has 0 amide bonds. The van der Waals surface area contributed by atoms with Gasteiger partial charge in [-0.3, -0.25) is 0 Å². The SMILES string of the molecule is CCC(NCCO)C(N)=NO. The molecule has 0 radical (unpaired) electrons. The summed E-state index contributed by atoms with van der Waals surface area (Å²) < 4.78 is 0. The van der Waals surface area contributed by atoms with Crippen molar-refractivity contribution in [3.63, 3.8) is 0 Å². The van der Waals surface area contributed by atoms with Crippen LogP contribution >= 0.6 is 0 Å². The van der Waals surface area contributed by atoms with Crippen LogP contribution in [0.2, 0.25) is 0 Å². The normalized spacial score (nSPS) is 14.9. The minimum Gasteiger partial charge on any atom is -0.409 e. The average molecular weight is 161 g/mol. The van der Waals surface area contributed by atoms with Gasteiger partial charge in [0.1, 0.15) is 0 Å². The number of nitrogens with zero attached hydrogens (tertiary/aromatic N) is 1. The molecule has 0 saturated carbocycles. The Kier molecular flexibility index (Phi) is 5.50. The lowest BCUT2D eigenvalue weighted by Crippen LogP contribution is -2.42. The second kappa shape index (κ2) is 5.94. The van der Waals surface area contributed by atoms with Crippen LogP contribution in [-0.2, 0) is 0 Å². The molecule has 11 heavy (non-hydrogen) atoms. The summed E-state index contributed by atoms with van der Waals surface area (Å²) in [5, 5.41) is 22.5. The molecule has 0 bridgehead atoms. The van der Waals surface area contributed by atoms with Crippen LogP contribution in [0.4, 0.5) is 0 Å². The molecule has 0 aliphatic heterocycles. The van der Waals surface area contributed by atoms with E-state index in [2.05, 4.69) is 10.5 Å². The Morgan fingerprint density at radius 3 is 2.73 bits per heavy atom. The highest BCUT2D eigenvalue weighted by Crippen LogP contribution is 1.89. The van der Waals surface area contributed by atoms with Gasteiger partial charge in [0.25, 0.3) is 0 Å². The van der Waals surface area contributed by atoms with Gasteiger partial charge in [-0.25, -0.2) is 0 Å². The molecule has 0 aromatic heterocycles. The Morgan fingerprint density at radius 2 is 2.36 bits per heavy atom. The van der Waals surface area contributed by atoms with Crippen molar-refractivity contribution >= 4 is 5.84 Å². The lowest BCUT2D eigenvalue weighted by Gasteiger charge is -2.13. The van der Waals surface area contributed by atoms with E-state index in [1.165, 1.54) is 0 Å². The van der Waals surface area contributed by atoms with Crippen LogP contribution in [0.3, 0.4) is 0 Å². The van der Waals surface area contributed by atoms with Gasteiger partial charge >= 0.3 is 0 Å². The Bertz CT molecular complexity index is 127. The predicted molar refractivity (Wildman–Crippen MR) is 42.6 cm³/mol. The first-order valence-corrected chi connectivity index (χ1v) is 3.57. The summed E-state index contributed by atoms with van der Waals surface area (Å²) in [6.45, 7) is 2.41. The van der Waals surface area contributed by atoms with Gasteiger partial charge in [-0.15, -0.1) is 0 Å². The van der Waals surface area contributed by atoms with Crippen molar-refractivity contribution in [3.05, 3.63) is 0 Å². The van der Waals surface area contributed by atoms with Gasteiger partial charge in [0.2, 0.25) is 0 Å². The number of aliphatic hydroxyl groups excluding tert-OH is 1. The highest BCUT2D eigenvalue weighted by Gasteiger charge is 2.08. The van der Waals surface area contributed by atoms with Crippen LogP contribution in [0.5, 0.6) is 0 Å². The maximum absolute atomic E-state index is 8.46. The zero-order valence-electron chi connectivity index (χ0n) is 6.62. The lowest BCUT2D eigenvalue weighted by atomic mass is 10.2. The van der Waals surface area contributed by atoms with Crippen molar-refractivity contribution in [1.82, 2.24) is 5.32 Å². The molecule has 5 heteroatoms. The summed E-state index contributed by atoms with van der Waals surface area (Å²) in [6.07, 6.45) is 0.732. The van der Waals surface area contributed by atoms with Gasteiger partial charge in [0.15, 0.2) is 5.84 Å². The molecule has 5 nitrogen and oxygen atoms in total. The molecule has 0 aliphatic rings. The van der Waals surface area contributed by atoms with E-state index in [1.54, 1.807) is 0 Å². The fraction of sp³-hybridized carbons (Fsp3) is 0.833. The summed E-state index contributed by atoms with van der Waals surface area (Å²) in [7, 11) is 0. The Labute approximate surface area is 65.9 Å². The zero-order chi connectivity index (χ0) is 8.69. The van der Waals surface area contributed by atoms with E-state index in [1.807, 2.05) is 6.92 Å². The van der Waals surface area contributed by atoms with Crippen LogP contribution in [-0.4, -0.2) is 35.3 Å². The number of hydrogen-bond donors (Lipinski definition) is 4. The van der Waals surface area contributed by atoms with Crippen molar-refractivity contribution in [2.75, 3.05) is 13.2 Å². The molecular weight excluding hydrogens is 146 g/mol. The molecule has 66 valence electrons. The molecule has 0 spiro atoms. The summed E-state index contributed by atoms with van der Waals surface area (Å²) >= 11 is 0. The van der Waals surface area contributed by atoms with E-state index in [0.29, 0.717) is 6.54 Å². The van der Waals surface area contributed by atoms with Crippen LogP contribution < -0.4 is 11.1 Å². The highest BCUT2D eigenvalue weighted by atomic mass is 16.4. The summed E-state index contributed by atoms with van der Waals surface area (Å²) in [5.74, 6) is 0.154. The summed E-state index contributed by atoms with van der Waals surface area (Å²) in [4.78, 5) is 0. The third kappa shape index (κ3) is 3.79. The number of rotatable bonds is 5. The minimum absolute atomic E-state index is 0.0508. The molecule has 0 saturated heterocycles. The zero-order valence-corrected chi connectivity index (χ0v) is 6.62. The van der Waals surface area contributed by atoms with Crippen molar-refractivity contribution in [2.24, 2.45) is 10.9 Å². The molecule has 0 fully saturated rings. The Morgan fingerprint density at radius 1 is 1.73 bits per heavy atom. The van der Waals surface area contributed by atoms with Crippen molar-refractivity contribution in [2.45, 2.75) is 19.4 Å². The molecule has 1 unspecified atom stereocenters. The largest absolute Gasteiger partial charge is 0.409 e. The van der Waals surface area contributed by atoms with E-state index >= 15 is 0 Å². The number of hydrogen-bond acceptors (Lipinski definition) is 4. The van der Waals surface area contributed by atoms with E-state index in [0.717, 1.165) is 6.42 Å². The van der Waals surface area contributed by atoms with E-state index in [-0.39, 0.29) is 18.5 Å². The van der Waals surface area contributed by atoms with Crippen LogP contribution in [0, 0.1) is 0 Å². The van der Waals surface area contributed by atoms with Crippen molar-refractivity contribution in [3.8, 4) is 0 Å². The number of nitrogens with one attached hydrogen (secondary N) is 1. The van der Waals surface area contributed by atoms with Crippen molar-refractivity contribution in [1.29, 1.82) is 0 Å². The first kappa shape index (κ1) is 10.2. The molecule has 0 aliphatic carbocycles. The van der Waals surface area contributed by atoms with Gasteiger partial charge in [-0.2, -0.15) is 0 Å². The predicted octanol–water partition coefficient (Wildman–Crippen LogP) is -0.907. The van der Waals surface area contributed by atoms with E-state index in [9.17, 15) is 0 Å². The Hall–Kier alpha value is -0.810. The van der Waals surface area contributed by atoms with Crippen molar-refractivity contribution < 1.29 is 10.3 Å². The second-order valence-corrected chi connectivity index (χ2v) is 2.16. The quantitative estimate of drug-likeness (QED) is 0.182. The molecule has 5 N–H and O–H groups in total. The van der Waals surface area contributed by atoms with Gasteiger partial charge in [0.05, 0.1) is 12.6 Å². The topological polar surface area (TPSA) is 90.9 Å². The minimum atomic E-state index is -0.146. The fourth-order valence-corrected chi connectivity index (χ4v) is 0.767. The number of oxime groups is 1. The maximum atomic E-state index is 8.46. The lowest BCUT2D eigenvalue weighted by molar-refractivity contribution is 0.286. The molecule has 0 heterocycles. The number of nitrogens with two attached hydrogens (primary N) is 1. The molecule has 0 aromatic carbocycles. The molecule has 1 atom stereocenters. The molecular formula is C6H15N3O2. The van der Waals surface area contributed by atoms with Gasteiger partial charge in [-0.1, -0.05) is 12.1 Å². The first-order valence-electron chi connectivity index (χ1n) is 3.57. The second-order valence-electron chi connectivity index (χ2n) is 2.16. The highest BCUT2D eigenvalue weighted by molar-refractivity contribution is 5.85. The molecule has 0 rings (SSSR count). The van der Waals surface area contributed by atoms with Gasteiger partial charge in [-0.05, 0) is 6.42 Å². The van der Waals surface area contributed by atoms with Gasteiger partial charge in [0, 0.05) is 6.54 Å². The van der Waals surface area contributed by atoms with Crippen LogP contribution in [0.1, 0.15) is 13.3 Å². The van der Waals surface area contributed by atoms with E-state index < -0.39 is 0 Å². The third-order valence-electron chi connectivity index (χ3n) is 1.38. The van der Waals surface area contributed by atoms with Crippen LogP contribution in [0.15, 0.2) is 5.16 Å². The maximum Gasteiger partial charge on any atom is 0.156 e. The molecule has 0 aromatic rings. The third-order valence-corrected chi connectivity index (χ3v) is 1.38. The fourth-order valence-electron chi connectivity index (χ4n) is 0.767. The van der Waals surface area contributed by atoms with Crippen LogP contribution in [0.25, 0.3) is 0 Å². The van der Waals surface area contributed by atoms with Gasteiger partial charge < -0.3 is 21.4 Å². The Balaban J connectivity index is 3.75.